The van der Waals surface area contributed by atoms with Crippen LogP contribution in [-0.4, -0.2) is 11.9 Å². The number of halogens is 2. The van der Waals surface area contributed by atoms with Gasteiger partial charge in [-0.2, -0.15) is 0 Å². The Morgan fingerprint density at radius 2 is 0.790 bits per heavy atom. The summed E-state index contributed by atoms with van der Waals surface area (Å²) < 4.78 is 16.0. The van der Waals surface area contributed by atoms with Crippen molar-refractivity contribution in [2.75, 3.05) is 0 Å². The van der Waals surface area contributed by atoms with Crippen molar-refractivity contribution in [3.05, 3.63) is 63.5 Å². The van der Waals surface area contributed by atoms with Crippen molar-refractivity contribution in [1.29, 1.82) is 0 Å². The van der Waals surface area contributed by atoms with Gasteiger partial charge in [0.1, 0.15) is 9.75 Å². The van der Waals surface area contributed by atoms with E-state index in [1.54, 1.807) is 22.7 Å². The lowest BCUT2D eigenvalue weighted by Gasteiger charge is -2.16. The summed E-state index contributed by atoms with van der Waals surface area (Å²) in [7, 11) is 0. The third-order valence-corrected chi connectivity index (χ3v) is 17.7. The minimum atomic E-state index is -0.345. The van der Waals surface area contributed by atoms with Gasteiger partial charge in [0, 0.05) is 20.5 Å². The Balaban J connectivity index is 1.28. The van der Waals surface area contributed by atoms with Gasteiger partial charge in [0.15, 0.2) is 11.5 Å². The van der Waals surface area contributed by atoms with Gasteiger partial charge in [-0.05, 0) is 92.9 Å². The summed E-state index contributed by atoms with van der Waals surface area (Å²) in [6.45, 7) is 9.10. The topological polar surface area (TPSA) is 52.6 Å². The molecule has 10 heteroatoms. The van der Waals surface area contributed by atoms with Gasteiger partial charge < -0.3 is 9.47 Å². The first-order chi connectivity index (χ1) is 30.2. The predicted molar refractivity (Wildman–Crippen MR) is 279 cm³/mol. The summed E-state index contributed by atoms with van der Waals surface area (Å²) in [6, 6.07) is 12.1. The molecule has 0 N–H and O–H groups in total. The molecule has 0 spiro atoms. The van der Waals surface area contributed by atoms with Crippen LogP contribution in [0.3, 0.4) is 0 Å². The summed E-state index contributed by atoms with van der Waals surface area (Å²) in [5, 5.41) is 1.52. The standard InChI is InChI=1S/C52H72Br2O4S4/c1-5-9-13-17-19-23-27-37(25-21-15-11-7-3)33-39-29-31-43(59-39)51(55)57-47-41-35-45(53)62-50(41)48(42-36-46(54)61-49(42)47)58-52(56)44-32-30-40(60-44)34-38(26-22-16-12-8-4)28-24-20-18-14-10-6-2/h29-32,35-38H,5-28,33-34H2,1-4H3. The lowest BCUT2D eigenvalue weighted by atomic mass is 9.91. The molecule has 0 fully saturated rings. The number of carbonyl (C=O) groups excluding carboxylic acids is 2. The van der Waals surface area contributed by atoms with Crippen LogP contribution >= 0.6 is 77.2 Å². The smallest absolute Gasteiger partial charge is 0.353 e. The van der Waals surface area contributed by atoms with Crippen molar-refractivity contribution in [3.63, 3.8) is 0 Å². The largest absolute Gasteiger partial charge is 0.420 e. The molecule has 4 heterocycles. The molecular weight excluding hydrogens is 977 g/mol. The SMILES string of the molecule is CCCCCCCCC(CCCCCC)Cc1ccc(C(=O)Oc2c3cc(Br)sc3c(OC(=O)c3ccc(CC(CCCCCC)CCCCCCCC)s3)c3cc(Br)sc23)s1. The summed E-state index contributed by atoms with van der Waals surface area (Å²) in [5.74, 6) is 1.63. The first-order valence-electron chi connectivity index (χ1n) is 24.2. The van der Waals surface area contributed by atoms with E-state index in [1.165, 1.54) is 187 Å². The van der Waals surface area contributed by atoms with Gasteiger partial charge in [-0.3, -0.25) is 0 Å². The van der Waals surface area contributed by atoms with Crippen LogP contribution in [0.25, 0.3) is 20.2 Å². The van der Waals surface area contributed by atoms with Crippen LogP contribution < -0.4 is 9.47 Å². The molecule has 2 unspecified atom stereocenters. The number of unbranched alkanes of at least 4 members (excludes halogenated alkanes) is 16. The van der Waals surface area contributed by atoms with E-state index in [9.17, 15) is 9.59 Å². The van der Waals surface area contributed by atoms with E-state index in [0.29, 0.717) is 33.1 Å². The summed E-state index contributed by atoms with van der Waals surface area (Å²) in [4.78, 5) is 31.7. The number of thiophene rings is 4. The maximum Gasteiger partial charge on any atom is 0.353 e. The van der Waals surface area contributed by atoms with Gasteiger partial charge >= 0.3 is 11.9 Å². The molecule has 5 rings (SSSR count). The minimum absolute atomic E-state index is 0.345. The molecule has 62 heavy (non-hydrogen) atoms. The van der Waals surface area contributed by atoms with Crippen molar-refractivity contribution in [2.24, 2.45) is 11.8 Å². The second-order valence-corrected chi connectivity index (χ2v) is 24.7. The minimum Gasteiger partial charge on any atom is -0.420 e. The molecule has 0 amide bonds. The Hall–Kier alpha value is -1.56. The van der Waals surface area contributed by atoms with Crippen LogP contribution in [0, 0.1) is 11.8 Å². The molecule has 0 aliphatic rings. The fourth-order valence-corrected chi connectivity index (χ4v) is 13.9. The number of benzene rings is 1. The van der Waals surface area contributed by atoms with Gasteiger partial charge in [0.2, 0.25) is 0 Å². The lowest BCUT2D eigenvalue weighted by Crippen LogP contribution is -2.09. The average molecular weight is 1050 g/mol. The average Bonchev–Trinajstić information content (AvgIpc) is 4.09. The molecule has 4 nitrogen and oxygen atoms in total. The highest BCUT2D eigenvalue weighted by Crippen LogP contribution is 2.51. The summed E-state index contributed by atoms with van der Waals surface area (Å²) in [5.41, 5.74) is 0. The van der Waals surface area contributed by atoms with Gasteiger partial charge in [-0.25, -0.2) is 9.59 Å². The maximum absolute atomic E-state index is 14.0. The van der Waals surface area contributed by atoms with Crippen molar-refractivity contribution in [1.82, 2.24) is 0 Å². The van der Waals surface area contributed by atoms with Crippen molar-refractivity contribution >= 4 is 109 Å². The maximum atomic E-state index is 14.0. The molecule has 0 bridgehead atoms. The lowest BCUT2D eigenvalue weighted by molar-refractivity contribution is 0.0732. The van der Waals surface area contributed by atoms with Crippen LogP contribution in [0.5, 0.6) is 11.5 Å². The quantitative estimate of drug-likeness (QED) is 0.0245. The van der Waals surface area contributed by atoms with E-state index in [1.807, 2.05) is 24.3 Å². The summed E-state index contributed by atoms with van der Waals surface area (Å²) in [6.07, 6.45) is 33.2. The van der Waals surface area contributed by atoms with Crippen LogP contribution in [-0.2, 0) is 12.8 Å². The first-order valence-corrected chi connectivity index (χ1v) is 29.0. The third kappa shape index (κ3) is 16.4. The number of fused-ring (bicyclic) bond motifs is 2. The first kappa shape index (κ1) is 51.4. The van der Waals surface area contributed by atoms with Crippen LogP contribution in [0.15, 0.2) is 44.0 Å². The highest BCUT2D eigenvalue weighted by atomic mass is 79.9. The zero-order chi connectivity index (χ0) is 44.1. The van der Waals surface area contributed by atoms with Gasteiger partial charge in [0.25, 0.3) is 0 Å². The fraction of sp³-hybridized carbons (Fsp3) is 0.615. The van der Waals surface area contributed by atoms with Crippen LogP contribution in [0.2, 0.25) is 0 Å². The molecule has 0 saturated carbocycles. The van der Waals surface area contributed by atoms with E-state index in [2.05, 4.69) is 71.7 Å². The second kappa shape index (κ2) is 28.5. The zero-order valence-corrected chi connectivity index (χ0v) is 44.5. The van der Waals surface area contributed by atoms with Crippen LogP contribution in [0.1, 0.15) is 211 Å². The second-order valence-electron chi connectivity index (χ2n) is 17.5. The Morgan fingerprint density at radius 1 is 0.468 bits per heavy atom. The third-order valence-electron chi connectivity index (χ3n) is 12.3. The Morgan fingerprint density at radius 3 is 1.15 bits per heavy atom. The number of ether oxygens (including phenoxy) is 2. The predicted octanol–water partition coefficient (Wildman–Crippen LogP) is 20.0. The molecular formula is C52H72Br2O4S4. The molecule has 0 saturated heterocycles. The number of esters is 2. The molecule has 1 aromatic carbocycles. The van der Waals surface area contributed by atoms with Gasteiger partial charge in [-0.1, -0.05) is 182 Å². The number of hydrogen-bond acceptors (Lipinski definition) is 8. The number of hydrogen-bond donors (Lipinski definition) is 0. The van der Waals surface area contributed by atoms with Crippen LogP contribution in [0.4, 0.5) is 0 Å². The summed E-state index contributed by atoms with van der Waals surface area (Å²) >= 11 is 13.5. The fourth-order valence-electron chi connectivity index (χ4n) is 8.74. The van der Waals surface area contributed by atoms with E-state index in [4.69, 9.17) is 9.47 Å². The monoisotopic (exact) mass is 1050 g/mol. The molecule has 0 aliphatic heterocycles. The molecule has 4 aromatic heterocycles. The molecule has 0 aliphatic carbocycles. The van der Waals surface area contributed by atoms with E-state index in [-0.39, 0.29) is 11.9 Å². The normalized spacial score (nSPS) is 12.7. The Labute approximate surface area is 406 Å². The van der Waals surface area contributed by atoms with Crippen molar-refractivity contribution in [2.45, 2.75) is 195 Å². The molecule has 342 valence electrons. The van der Waals surface area contributed by atoms with E-state index in [0.717, 1.165) is 40.6 Å². The number of rotatable bonds is 32. The van der Waals surface area contributed by atoms with Gasteiger partial charge in [-0.15, -0.1) is 45.3 Å². The van der Waals surface area contributed by atoms with E-state index < -0.39 is 0 Å². The molecule has 0 radical (unpaired) electrons. The van der Waals surface area contributed by atoms with Crippen molar-refractivity contribution < 1.29 is 19.1 Å². The Kier molecular flexibility index (Phi) is 23.6. The van der Waals surface area contributed by atoms with E-state index >= 15 is 0 Å². The zero-order valence-electron chi connectivity index (χ0n) is 38.0. The highest BCUT2D eigenvalue weighted by Gasteiger charge is 2.26. The van der Waals surface area contributed by atoms with Crippen molar-refractivity contribution in [3.8, 4) is 11.5 Å². The molecule has 2 atom stereocenters. The molecule has 5 aromatic rings. The Bertz CT molecular complexity index is 1880. The number of carbonyl (C=O) groups is 2. The highest BCUT2D eigenvalue weighted by molar-refractivity contribution is 9.11. The van der Waals surface area contributed by atoms with Gasteiger partial charge in [0.05, 0.1) is 17.0 Å².